The van der Waals surface area contributed by atoms with Crippen LogP contribution in [0.1, 0.15) is 11.3 Å². The highest BCUT2D eigenvalue weighted by atomic mass is 32.2. The normalized spacial score (nSPS) is 11.0. The van der Waals surface area contributed by atoms with Crippen molar-refractivity contribution in [3.8, 4) is 6.07 Å². The van der Waals surface area contributed by atoms with E-state index in [1.165, 1.54) is 19.2 Å². The van der Waals surface area contributed by atoms with Gasteiger partial charge in [0.25, 0.3) is 0 Å². The van der Waals surface area contributed by atoms with Crippen LogP contribution < -0.4 is 10.0 Å². The minimum absolute atomic E-state index is 0.000928. The van der Waals surface area contributed by atoms with Crippen LogP contribution in [0.15, 0.2) is 16.3 Å². The molecule has 0 atom stereocenters. The molecule has 110 valence electrons. The number of carbonyl (C=O) groups excluding carboxylic acids is 1. The van der Waals surface area contributed by atoms with Crippen LogP contribution >= 0.6 is 11.3 Å². The Morgan fingerprint density at radius 1 is 1.45 bits per heavy atom. The van der Waals surface area contributed by atoms with Crippen LogP contribution in [-0.4, -0.2) is 41.1 Å². The number of rotatable bonds is 8. The Balaban J connectivity index is 2.41. The van der Waals surface area contributed by atoms with Crippen LogP contribution in [0, 0.1) is 11.3 Å². The average Bonchev–Trinajstić information content (AvgIpc) is 2.88. The van der Waals surface area contributed by atoms with Crippen LogP contribution in [0.2, 0.25) is 0 Å². The highest BCUT2D eigenvalue weighted by Crippen LogP contribution is 2.20. The molecule has 0 aliphatic heterocycles. The zero-order chi connectivity index (χ0) is 15.0. The first-order valence-corrected chi connectivity index (χ1v) is 8.05. The zero-order valence-electron chi connectivity index (χ0n) is 10.9. The van der Waals surface area contributed by atoms with Crippen LogP contribution in [0.25, 0.3) is 0 Å². The Bertz CT molecular complexity index is 589. The second kappa shape index (κ2) is 7.96. The number of methoxy groups -OCH3 is 1. The fraction of sp³-hybridized carbons (Fsp3) is 0.455. The lowest BCUT2D eigenvalue weighted by Gasteiger charge is -2.06. The average molecular weight is 317 g/mol. The van der Waals surface area contributed by atoms with Gasteiger partial charge in [-0.15, -0.1) is 11.3 Å². The summed E-state index contributed by atoms with van der Waals surface area (Å²) in [7, 11) is -2.13. The molecule has 0 saturated heterocycles. The van der Waals surface area contributed by atoms with Crippen molar-refractivity contribution < 1.29 is 17.9 Å². The lowest BCUT2D eigenvalue weighted by molar-refractivity contribution is -0.121. The predicted molar refractivity (Wildman–Crippen MR) is 73.7 cm³/mol. The molecule has 1 heterocycles. The number of carbonyl (C=O) groups is 1. The van der Waals surface area contributed by atoms with Crippen LogP contribution in [0.3, 0.4) is 0 Å². The summed E-state index contributed by atoms with van der Waals surface area (Å²) in [4.78, 5) is 11.7. The number of nitrogens with zero attached hydrogens (tertiary/aromatic N) is 1. The van der Waals surface area contributed by atoms with Gasteiger partial charge in [-0.05, 0) is 12.1 Å². The van der Waals surface area contributed by atoms with Crippen molar-refractivity contribution in [2.24, 2.45) is 0 Å². The van der Waals surface area contributed by atoms with Gasteiger partial charge < -0.3 is 10.1 Å². The molecule has 1 rings (SSSR count). The van der Waals surface area contributed by atoms with E-state index in [9.17, 15) is 13.2 Å². The summed E-state index contributed by atoms with van der Waals surface area (Å²) >= 11 is 0.887. The first-order chi connectivity index (χ1) is 9.49. The van der Waals surface area contributed by atoms with E-state index >= 15 is 0 Å². The molecule has 1 aromatic rings. The minimum atomic E-state index is -3.66. The van der Waals surface area contributed by atoms with Gasteiger partial charge >= 0.3 is 0 Å². The van der Waals surface area contributed by atoms with Gasteiger partial charge in [0.15, 0.2) is 0 Å². The van der Waals surface area contributed by atoms with E-state index in [2.05, 4.69) is 10.0 Å². The van der Waals surface area contributed by atoms with Gasteiger partial charge in [0.05, 0.1) is 6.61 Å². The monoisotopic (exact) mass is 317 g/mol. The summed E-state index contributed by atoms with van der Waals surface area (Å²) in [6.07, 6.45) is 0.0411. The van der Waals surface area contributed by atoms with Crippen molar-refractivity contribution >= 4 is 27.3 Å². The zero-order valence-corrected chi connectivity index (χ0v) is 12.5. The Hall–Kier alpha value is -1.47. The number of hydrogen-bond donors (Lipinski definition) is 2. The van der Waals surface area contributed by atoms with Crippen molar-refractivity contribution in [2.45, 2.75) is 10.6 Å². The van der Waals surface area contributed by atoms with E-state index in [1.807, 2.05) is 6.07 Å². The maximum atomic E-state index is 11.8. The van der Waals surface area contributed by atoms with E-state index in [-0.39, 0.29) is 23.1 Å². The number of nitriles is 1. The van der Waals surface area contributed by atoms with Gasteiger partial charge in [0, 0.05) is 26.6 Å². The van der Waals surface area contributed by atoms with Crippen molar-refractivity contribution in [1.29, 1.82) is 5.26 Å². The van der Waals surface area contributed by atoms with Crippen molar-refractivity contribution in [2.75, 3.05) is 26.8 Å². The summed E-state index contributed by atoms with van der Waals surface area (Å²) in [6.45, 7) is 0.795. The topological polar surface area (TPSA) is 108 Å². The van der Waals surface area contributed by atoms with Crippen molar-refractivity contribution in [3.63, 3.8) is 0 Å². The number of thiophene rings is 1. The predicted octanol–water partition coefficient (Wildman–Crippen LogP) is 0.0508. The first-order valence-electron chi connectivity index (χ1n) is 5.75. The summed E-state index contributed by atoms with van der Waals surface area (Å²) in [6, 6.07) is 4.68. The Morgan fingerprint density at radius 3 is 2.80 bits per heavy atom. The third-order valence-corrected chi connectivity index (χ3v) is 5.17. The number of ether oxygens (including phenoxy) is 1. The third-order valence-electron chi connectivity index (χ3n) is 2.23. The number of hydrogen-bond acceptors (Lipinski definition) is 6. The van der Waals surface area contributed by atoms with Gasteiger partial charge in [0.1, 0.15) is 15.2 Å². The second-order valence-electron chi connectivity index (χ2n) is 3.72. The van der Waals surface area contributed by atoms with Crippen LogP contribution in [0.4, 0.5) is 0 Å². The van der Waals surface area contributed by atoms with E-state index in [4.69, 9.17) is 10.00 Å². The maximum absolute atomic E-state index is 11.8. The Labute approximate surface area is 121 Å². The van der Waals surface area contributed by atoms with Gasteiger partial charge in [-0.1, -0.05) is 0 Å². The molecule has 0 unspecified atom stereocenters. The van der Waals surface area contributed by atoms with Gasteiger partial charge in [-0.25, -0.2) is 13.1 Å². The molecular formula is C11H15N3O4S2. The quantitative estimate of drug-likeness (QED) is 0.659. The molecule has 2 N–H and O–H groups in total. The lowest BCUT2D eigenvalue weighted by Crippen LogP contribution is -2.32. The van der Waals surface area contributed by atoms with Gasteiger partial charge in [0.2, 0.25) is 15.9 Å². The molecule has 0 spiro atoms. The van der Waals surface area contributed by atoms with Gasteiger partial charge in [-0.3, -0.25) is 4.79 Å². The first kappa shape index (κ1) is 16.6. The molecule has 0 aliphatic carbocycles. The lowest BCUT2D eigenvalue weighted by atomic mass is 10.4. The largest absolute Gasteiger partial charge is 0.383 e. The molecule has 0 aromatic carbocycles. The van der Waals surface area contributed by atoms with Crippen LogP contribution in [0.5, 0.6) is 0 Å². The smallest absolute Gasteiger partial charge is 0.250 e. The van der Waals surface area contributed by atoms with Gasteiger partial charge in [-0.2, -0.15) is 5.26 Å². The summed E-state index contributed by atoms with van der Waals surface area (Å²) in [5, 5.41) is 11.2. The molecule has 0 fully saturated rings. The highest BCUT2D eigenvalue weighted by Gasteiger charge is 2.16. The summed E-state index contributed by atoms with van der Waals surface area (Å²) in [5.41, 5.74) is 0. The minimum Gasteiger partial charge on any atom is -0.383 e. The maximum Gasteiger partial charge on any atom is 0.250 e. The molecule has 1 aromatic heterocycles. The molecule has 1 amide bonds. The van der Waals surface area contributed by atoms with Crippen LogP contribution in [-0.2, 0) is 19.6 Å². The number of amides is 1. The molecular weight excluding hydrogens is 302 g/mol. The number of nitrogens with one attached hydrogen (secondary N) is 2. The second-order valence-corrected chi connectivity index (χ2v) is 6.80. The number of sulfonamides is 1. The molecule has 9 heteroatoms. The molecule has 7 nitrogen and oxygen atoms in total. The van der Waals surface area contributed by atoms with Crippen molar-refractivity contribution in [1.82, 2.24) is 10.0 Å². The Morgan fingerprint density at radius 2 is 2.20 bits per heavy atom. The third kappa shape index (κ3) is 5.26. The SMILES string of the molecule is COCCNC(=O)CCNS(=O)(=O)c1ccc(C#N)s1. The Kier molecular flexibility index (Phi) is 6.60. The molecule has 0 aliphatic rings. The molecule has 0 saturated carbocycles. The van der Waals surface area contributed by atoms with Crippen molar-refractivity contribution in [3.05, 3.63) is 17.0 Å². The summed E-state index contributed by atoms with van der Waals surface area (Å²) in [5.74, 6) is -0.256. The van der Waals surface area contributed by atoms with E-state index in [0.29, 0.717) is 18.0 Å². The highest BCUT2D eigenvalue weighted by molar-refractivity contribution is 7.91. The van der Waals surface area contributed by atoms with E-state index < -0.39 is 10.0 Å². The molecule has 20 heavy (non-hydrogen) atoms. The summed E-state index contributed by atoms with van der Waals surface area (Å²) < 4.78 is 30.8. The fourth-order valence-corrected chi connectivity index (χ4v) is 3.46. The fourth-order valence-electron chi connectivity index (χ4n) is 1.28. The molecule has 0 bridgehead atoms. The van der Waals surface area contributed by atoms with E-state index in [0.717, 1.165) is 11.3 Å². The molecule has 0 radical (unpaired) electrons. The standard InChI is InChI=1S/C11H15N3O4S2/c1-18-7-6-13-10(15)4-5-14-20(16,17)11-3-2-9(8-12)19-11/h2-3,14H,4-7H2,1H3,(H,13,15). The van der Waals surface area contributed by atoms with E-state index in [1.54, 1.807) is 0 Å².